The van der Waals surface area contributed by atoms with E-state index in [9.17, 15) is 9.59 Å². The average Bonchev–Trinajstić information content (AvgIpc) is 2.39. The lowest BCUT2D eigenvalue weighted by molar-refractivity contribution is 0.0689. The molecule has 0 radical (unpaired) electrons. The number of amides is 1. The molecule has 3 N–H and O–H groups in total. The van der Waals surface area contributed by atoms with E-state index in [1.807, 2.05) is 7.05 Å². The fourth-order valence-electron chi connectivity index (χ4n) is 2.40. The predicted octanol–water partition coefficient (Wildman–Crippen LogP) is 0.717. The molecule has 1 aromatic rings. The first-order valence-electron chi connectivity index (χ1n) is 6.29. The molecule has 1 saturated carbocycles. The Bertz CT molecular complexity index is 455. The van der Waals surface area contributed by atoms with Crippen LogP contribution in [0.15, 0.2) is 23.1 Å². The van der Waals surface area contributed by atoms with Crippen LogP contribution in [0.25, 0.3) is 0 Å². The first-order valence-corrected chi connectivity index (χ1v) is 6.29. The predicted molar refractivity (Wildman–Crippen MR) is 69.4 cm³/mol. The largest absolute Gasteiger partial charge is 0.339 e. The highest BCUT2D eigenvalue weighted by molar-refractivity contribution is 5.93. The SMILES string of the molecule is CN(C(=O)c1ccc(=O)[nH]c1)C1CCC(N)CC1. The summed E-state index contributed by atoms with van der Waals surface area (Å²) in [5.74, 6) is -0.0493. The van der Waals surface area contributed by atoms with Crippen LogP contribution in [0.1, 0.15) is 36.0 Å². The van der Waals surface area contributed by atoms with Gasteiger partial charge in [-0.05, 0) is 31.7 Å². The number of H-pyrrole nitrogens is 1. The highest BCUT2D eigenvalue weighted by atomic mass is 16.2. The molecule has 1 heterocycles. The number of carbonyl (C=O) groups is 1. The van der Waals surface area contributed by atoms with Crippen molar-refractivity contribution >= 4 is 5.91 Å². The maximum Gasteiger partial charge on any atom is 0.255 e. The van der Waals surface area contributed by atoms with Crippen molar-refractivity contribution in [2.45, 2.75) is 37.8 Å². The number of rotatable bonds is 2. The minimum Gasteiger partial charge on any atom is -0.339 e. The van der Waals surface area contributed by atoms with Crippen LogP contribution in [0.3, 0.4) is 0 Å². The Morgan fingerprint density at radius 2 is 2.00 bits per heavy atom. The van der Waals surface area contributed by atoms with Crippen LogP contribution in [0.4, 0.5) is 0 Å². The molecule has 1 aliphatic rings. The van der Waals surface area contributed by atoms with Gasteiger partial charge in [-0.1, -0.05) is 0 Å². The van der Waals surface area contributed by atoms with Gasteiger partial charge in [0.25, 0.3) is 5.91 Å². The van der Waals surface area contributed by atoms with E-state index in [4.69, 9.17) is 5.73 Å². The number of aromatic nitrogens is 1. The Morgan fingerprint density at radius 3 is 2.56 bits per heavy atom. The van der Waals surface area contributed by atoms with Crippen LogP contribution < -0.4 is 11.3 Å². The van der Waals surface area contributed by atoms with Crippen molar-refractivity contribution in [2.24, 2.45) is 5.73 Å². The molecule has 98 valence electrons. The normalized spacial score (nSPS) is 23.7. The van der Waals surface area contributed by atoms with Crippen molar-refractivity contribution < 1.29 is 4.79 Å². The number of nitrogens with zero attached hydrogens (tertiary/aromatic N) is 1. The Hall–Kier alpha value is -1.62. The van der Waals surface area contributed by atoms with Crippen molar-refractivity contribution in [2.75, 3.05) is 7.05 Å². The minimum absolute atomic E-state index is 0.0493. The van der Waals surface area contributed by atoms with E-state index in [1.165, 1.54) is 12.3 Å². The van der Waals surface area contributed by atoms with Gasteiger partial charge in [0.2, 0.25) is 5.56 Å². The molecule has 1 amide bonds. The van der Waals surface area contributed by atoms with Gasteiger partial charge in [-0.25, -0.2) is 0 Å². The number of aromatic amines is 1. The van der Waals surface area contributed by atoms with Crippen LogP contribution in [-0.2, 0) is 0 Å². The van der Waals surface area contributed by atoms with Crippen LogP contribution in [0.5, 0.6) is 0 Å². The molecule has 5 heteroatoms. The van der Waals surface area contributed by atoms with Gasteiger partial charge in [-0.3, -0.25) is 9.59 Å². The van der Waals surface area contributed by atoms with Crippen molar-refractivity contribution in [1.82, 2.24) is 9.88 Å². The van der Waals surface area contributed by atoms with Gasteiger partial charge >= 0.3 is 0 Å². The monoisotopic (exact) mass is 249 g/mol. The van der Waals surface area contributed by atoms with Gasteiger partial charge < -0.3 is 15.6 Å². The van der Waals surface area contributed by atoms with Gasteiger partial charge in [0.1, 0.15) is 0 Å². The third-order valence-electron chi connectivity index (χ3n) is 3.64. The van der Waals surface area contributed by atoms with Gasteiger partial charge in [0.05, 0.1) is 5.56 Å². The summed E-state index contributed by atoms with van der Waals surface area (Å²) in [6.07, 6.45) is 5.30. The lowest BCUT2D eigenvalue weighted by Crippen LogP contribution is -2.42. The highest BCUT2D eigenvalue weighted by Gasteiger charge is 2.25. The average molecular weight is 249 g/mol. The molecular weight excluding hydrogens is 230 g/mol. The van der Waals surface area contributed by atoms with Crippen molar-refractivity contribution in [1.29, 1.82) is 0 Å². The zero-order valence-corrected chi connectivity index (χ0v) is 10.6. The van der Waals surface area contributed by atoms with Gasteiger partial charge in [0.15, 0.2) is 0 Å². The van der Waals surface area contributed by atoms with E-state index >= 15 is 0 Å². The molecule has 0 aliphatic heterocycles. The summed E-state index contributed by atoms with van der Waals surface area (Å²) in [6, 6.07) is 3.46. The summed E-state index contributed by atoms with van der Waals surface area (Å²) in [7, 11) is 1.81. The van der Waals surface area contributed by atoms with E-state index in [0.717, 1.165) is 25.7 Å². The van der Waals surface area contributed by atoms with E-state index in [-0.39, 0.29) is 23.6 Å². The van der Waals surface area contributed by atoms with Crippen molar-refractivity contribution in [3.05, 3.63) is 34.2 Å². The second-order valence-corrected chi connectivity index (χ2v) is 4.93. The van der Waals surface area contributed by atoms with Gasteiger partial charge in [-0.2, -0.15) is 0 Å². The number of nitrogens with one attached hydrogen (secondary N) is 1. The summed E-state index contributed by atoms with van der Waals surface area (Å²) >= 11 is 0. The third-order valence-corrected chi connectivity index (χ3v) is 3.64. The van der Waals surface area contributed by atoms with Gasteiger partial charge in [-0.15, -0.1) is 0 Å². The van der Waals surface area contributed by atoms with Crippen molar-refractivity contribution in [3.8, 4) is 0 Å². The Labute approximate surface area is 106 Å². The highest BCUT2D eigenvalue weighted by Crippen LogP contribution is 2.22. The molecule has 2 rings (SSSR count). The molecule has 5 nitrogen and oxygen atoms in total. The number of nitrogens with two attached hydrogens (primary N) is 1. The number of pyridine rings is 1. The number of carbonyl (C=O) groups excluding carboxylic acids is 1. The van der Waals surface area contributed by atoms with Crippen LogP contribution in [0, 0.1) is 0 Å². The molecule has 1 fully saturated rings. The molecule has 18 heavy (non-hydrogen) atoms. The molecule has 0 spiro atoms. The van der Waals surface area contributed by atoms with E-state index in [2.05, 4.69) is 4.98 Å². The summed E-state index contributed by atoms with van der Waals surface area (Å²) in [4.78, 5) is 27.5. The summed E-state index contributed by atoms with van der Waals surface area (Å²) in [5, 5.41) is 0. The molecule has 0 bridgehead atoms. The van der Waals surface area contributed by atoms with E-state index in [1.54, 1.807) is 11.0 Å². The first-order chi connectivity index (χ1) is 8.58. The molecule has 1 aromatic heterocycles. The zero-order valence-electron chi connectivity index (χ0n) is 10.6. The number of hydrogen-bond donors (Lipinski definition) is 2. The number of hydrogen-bond acceptors (Lipinski definition) is 3. The topological polar surface area (TPSA) is 79.2 Å². The molecule has 0 saturated heterocycles. The van der Waals surface area contributed by atoms with Crippen LogP contribution in [-0.4, -0.2) is 34.9 Å². The standard InChI is InChI=1S/C13H19N3O2/c1-16(11-5-3-10(14)4-6-11)13(18)9-2-7-12(17)15-8-9/h2,7-8,10-11H,3-6,14H2,1H3,(H,15,17). The van der Waals surface area contributed by atoms with Crippen molar-refractivity contribution in [3.63, 3.8) is 0 Å². The molecule has 1 aliphatic carbocycles. The fourth-order valence-corrected chi connectivity index (χ4v) is 2.40. The quantitative estimate of drug-likeness (QED) is 0.810. The third kappa shape index (κ3) is 2.79. The molecule has 0 atom stereocenters. The van der Waals surface area contributed by atoms with Gasteiger partial charge in [0, 0.05) is 31.4 Å². The summed E-state index contributed by atoms with van der Waals surface area (Å²) in [5.41, 5.74) is 6.18. The Kier molecular flexibility index (Phi) is 3.81. The molecular formula is C13H19N3O2. The minimum atomic E-state index is -0.196. The molecule has 0 aromatic carbocycles. The Morgan fingerprint density at radius 1 is 1.33 bits per heavy atom. The fraction of sp³-hybridized carbons (Fsp3) is 0.538. The maximum absolute atomic E-state index is 12.2. The summed E-state index contributed by atoms with van der Waals surface area (Å²) in [6.45, 7) is 0. The van der Waals surface area contributed by atoms with Crippen LogP contribution in [0.2, 0.25) is 0 Å². The Balaban J connectivity index is 2.04. The van der Waals surface area contributed by atoms with E-state index in [0.29, 0.717) is 5.56 Å². The maximum atomic E-state index is 12.2. The van der Waals surface area contributed by atoms with E-state index < -0.39 is 0 Å². The first kappa shape index (κ1) is 12.8. The van der Waals surface area contributed by atoms with Crippen LogP contribution >= 0.6 is 0 Å². The lowest BCUT2D eigenvalue weighted by atomic mass is 9.91. The summed E-state index contributed by atoms with van der Waals surface area (Å²) < 4.78 is 0. The second kappa shape index (κ2) is 5.35. The second-order valence-electron chi connectivity index (χ2n) is 4.93. The zero-order chi connectivity index (χ0) is 13.1. The lowest BCUT2D eigenvalue weighted by Gasteiger charge is -2.33. The molecule has 0 unspecified atom stereocenters. The smallest absolute Gasteiger partial charge is 0.255 e.